The number of thiazole rings is 1. The Kier molecular flexibility index (Phi) is 4.16. The lowest BCUT2D eigenvalue weighted by molar-refractivity contribution is 0.0995. The van der Waals surface area contributed by atoms with E-state index < -0.39 is 0 Å². The molecule has 1 N–H and O–H groups in total. The Balaban J connectivity index is 1.90. The molecule has 0 fully saturated rings. The SMILES string of the molecule is CCc1ncoc1C(=O)Nc1nc2cc(OC)c(OC)cc2s1. The second-order valence-electron chi connectivity index (χ2n) is 4.63. The molecule has 2 aromatic heterocycles. The molecule has 0 atom stereocenters. The maximum atomic E-state index is 12.3. The smallest absolute Gasteiger partial charge is 0.295 e. The highest BCUT2D eigenvalue weighted by Crippen LogP contribution is 2.36. The summed E-state index contributed by atoms with van der Waals surface area (Å²) in [5.74, 6) is 1.05. The van der Waals surface area contributed by atoms with Crippen LogP contribution in [0.5, 0.6) is 11.5 Å². The summed E-state index contributed by atoms with van der Waals surface area (Å²) in [4.78, 5) is 20.6. The third kappa shape index (κ3) is 2.85. The van der Waals surface area contributed by atoms with Gasteiger partial charge in [0.1, 0.15) is 0 Å². The number of hydrogen-bond donors (Lipinski definition) is 1. The van der Waals surface area contributed by atoms with Gasteiger partial charge in [-0.05, 0) is 6.42 Å². The molecule has 3 aromatic rings. The number of oxazole rings is 1. The number of rotatable bonds is 5. The lowest BCUT2D eigenvalue weighted by atomic mass is 10.3. The number of nitrogens with one attached hydrogen (secondary N) is 1. The van der Waals surface area contributed by atoms with E-state index in [9.17, 15) is 4.79 Å². The Morgan fingerprint density at radius 2 is 2.04 bits per heavy atom. The number of carbonyl (C=O) groups excluding carboxylic acids is 1. The van der Waals surface area contributed by atoms with Gasteiger partial charge in [0.2, 0.25) is 5.76 Å². The molecule has 0 spiro atoms. The highest BCUT2D eigenvalue weighted by Gasteiger charge is 2.18. The highest BCUT2D eigenvalue weighted by atomic mass is 32.1. The minimum Gasteiger partial charge on any atom is -0.493 e. The van der Waals surface area contributed by atoms with Gasteiger partial charge < -0.3 is 13.9 Å². The first kappa shape index (κ1) is 15.3. The van der Waals surface area contributed by atoms with Crippen molar-refractivity contribution in [2.75, 3.05) is 19.5 Å². The van der Waals surface area contributed by atoms with E-state index in [1.807, 2.05) is 13.0 Å². The van der Waals surface area contributed by atoms with Crippen LogP contribution in [0, 0.1) is 0 Å². The Labute approximate surface area is 136 Å². The maximum absolute atomic E-state index is 12.3. The van der Waals surface area contributed by atoms with Gasteiger partial charge in [-0.1, -0.05) is 18.3 Å². The number of carbonyl (C=O) groups is 1. The maximum Gasteiger partial charge on any atom is 0.295 e. The van der Waals surface area contributed by atoms with Gasteiger partial charge in [-0.25, -0.2) is 9.97 Å². The molecule has 0 aliphatic heterocycles. The third-order valence-electron chi connectivity index (χ3n) is 3.30. The summed E-state index contributed by atoms with van der Waals surface area (Å²) in [7, 11) is 3.14. The summed E-state index contributed by atoms with van der Waals surface area (Å²) in [5.41, 5.74) is 1.34. The lowest BCUT2D eigenvalue weighted by Gasteiger charge is -2.05. The number of nitrogens with zero attached hydrogens (tertiary/aromatic N) is 2. The second kappa shape index (κ2) is 6.25. The van der Waals surface area contributed by atoms with Crippen LogP contribution in [-0.4, -0.2) is 30.1 Å². The quantitative estimate of drug-likeness (QED) is 0.772. The van der Waals surface area contributed by atoms with Gasteiger partial charge in [-0.15, -0.1) is 0 Å². The first-order valence-electron chi connectivity index (χ1n) is 6.92. The van der Waals surface area contributed by atoms with Crippen molar-refractivity contribution in [2.45, 2.75) is 13.3 Å². The molecule has 8 heteroatoms. The van der Waals surface area contributed by atoms with Crippen LogP contribution in [0.25, 0.3) is 10.2 Å². The van der Waals surface area contributed by atoms with Gasteiger partial charge in [-0.3, -0.25) is 10.1 Å². The minimum absolute atomic E-state index is 0.210. The van der Waals surface area contributed by atoms with Crippen molar-refractivity contribution in [3.8, 4) is 11.5 Å². The average Bonchev–Trinajstić information content (AvgIpc) is 3.18. The fraction of sp³-hybridized carbons (Fsp3) is 0.267. The molecule has 2 heterocycles. The Morgan fingerprint density at radius 1 is 1.30 bits per heavy atom. The summed E-state index contributed by atoms with van der Waals surface area (Å²) in [5, 5.41) is 3.21. The fourth-order valence-electron chi connectivity index (χ4n) is 2.17. The summed E-state index contributed by atoms with van der Waals surface area (Å²) < 4.78 is 16.6. The molecule has 0 saturated heterocycles. The normalized spacial score (nSPS) is 10.7. The van der Waals surface area contributed by atoms with Crippen LogP contribution in [0.4, 0.5) is 5.13 Å². The number of benzene rings is 1. The van der Waals surface area contributed by atoms with Crippen molar-refractivity contribution < 1.29 is 18.7 Å². The third-order valence-corrected chi connectivity index (χ3v) is 4.23. The first-order valence-corrected chi connectivity index (χ1v) is 7.74. The van der Waals surface area contributed by atoms with Crippen molar-refractivity contribution in [3.05, 3.63) is 30.0 Å². The molecule has 0 aliphatic carbocycles. The molecule has 23 heavy (non-hydrogen) atoms. The molecular weight excluding hydrogens is 318 g/mol. The Morgan fingerprint density at radius 3 is 2.74 bits per heavy atom. The lowest BCUT2D eigenvalue weighted by Crippen LogP contribution is -2.12. The number of methoxy groups -OCH3 is 2. The zero-order valence-corrected chi connectivity index (χ0v) is 13.7. The summed E-state index contributed by atoms with van der Waals surface area (Å²) in [6, 6.07) is 3.60. The molecular formula is C15H15N3O4S. The number of amides is 1. The van der Waals surface area contributed by atoms with Crippen LogP contribution in [0.2, 0.25) is 0 Å². The number of anilines is 1. The topological polar surface area (TPSA) is 86.5 Å². The number of hydrogen-bond acceptors (Lipinski definition) is 7. The van der Waals surface area contributed by atoms with Crippen LogP contribution in [0.15, 0.2) is 22.9 Å². The van der Waals surface area contributed by atoms with Crippen LogP contribution in [-0.2, 0) is 6.42 Å². The summed E-state index contributed by atoms with van der Waals surface area (Å²) >= 11 is 1.34. The van der Waals surface area contributed by atoms with Crippen molar-refractivity contribution in [1.82, 2.24) is 9.97 Å². The first-order chi connectivity index (χ1) is 11.2. The predicted molar refractivity (Wildman–Crippen MR) is 86.6 cm³/mol. The van der Waals surface area contributed by atoms with Crippen molar-refractivity contribution in [3.63, 3.8) is 0 Å². The molecule has 1 aromatic carbocycles. The Bertz CT molecular complexity index is 815. The molecule has 120 valence electrons. The van der Waals surface area contributed by atoms with E-state index in [1.54, 1.807) is 20.3 Å². The molecule has 0 saturated carbocycles. The highest BCUT2D eigenvalue weighted by molar-refractivity contribution is 7.22. The molecule has 1 amide bonds. The minimum atomic E-state index is -0.364. The van der Waals surface area contributed by atoms with Crippen molar-refractivity contribution in [2.24, 2.45) is 0 Å². The van der Waals surface area contributed by atoms with Gasteiger partial charge in [0.05, 0.1) is 30.1 Å². The van der Waals surface area contributed by atoms with Gasteiger partial charge in [0, 0.05) is 12.1 Å². The van der Waals surface area contributed by atoms with E-state index in [4.69, 9.17) is 13.9 Å². The van der Waals surface area contributed by atoms with Gasteiger partial charge in [-0.2, -0.15) is 0 Å². The number of fused-ring (bicyclic) bond motifs is 1. The molecule has 7 nitrogen and oxygen atoms in total. The molecule has 3 rings (SSSR count). The van der Waals surface area contributed by atoms with E-state index in [-0.39, 0.29) is 11.7 Å². The fourth-order valence-corrected chi connectivity index (χ4v) is 3.04. The van der Waals surface area contributed by atoms with E-state index in [0.29, 0.717) is 28.7 Å². The van der Waals surface area contributed by atoms with E-state index >= 15 is 0 Å². The second-order valence-corrected chi connectivity index (χ2v) is 5.66. The monoisotopic (exact) mass is 333 g/mol. The van der Waals surface area contributed by atoms with E-state index in [1.165, 1.54) is 17.7 Å². The summed E-state index contributed by atoms with van der Waals surface area (Å²) in [6.07, 6.45) is 1.88. The van der Waals surface area contributed by atoms with Crippen LogP contribution in [0.1, 0.15) is 23.2 Å². The number of aromatic nitrogens is 2. The average molecular weight is 333 g/mol. The van der Waals surface area contributed by atoms with Crippen LogP contribution in [0.3, 0.4) is 0 Å². The number of ether oxygens (including phenoxy) is 2. The standard InChI is InChI=1S/C15H15N3O4S/c1-4-8-13(22-7-16-8)14(19)18-15-17-9-5-10(20-2)11(21-3)6-12(9)23-15/h5-7H,4H2,1-3H3,(H,17,18,19). The molecule has 0 aliphatic rings. The van der Waals surface area contributed by atoms with Crippen molar-refractivity contribution in [1.29, 1.82) is 0 Å². The van der Waals surface area contributed by atoms with Gasteiger partial charge in [0.25, 0.3) is 5.91 Å². The van der Waals surface area contributed by atoms with Crippen LogP contribution >= 0.6 is 11.3 Å². The van der Waals surface area contributed by atoms with Gasteiger partial charge in [0.15, 0.2) is 23.0 Å². The number of aryl methyl sites for hydroxylation is 1. The van der Waals surface area contributed by atoms with Crippen LogP contribution < -0.4 is 14.8 Å². The zero-order chi connectivity index (χ0) is 16.4. The zero-order valence-electron chi connectivity index (χ0n) is 12.9. The largest absolute Gasteiger partial charge is 0.493 e. The molecule has 0 bridgehead atoms. The molecule has 0 unspecified atom stereocenters. The van der Waals surface area contributed by atoms with E-state index in [0.717, 1.165) is 10.2 Å². The molecule has 0 radical (unpaired) electrons. The predicted octanol–water partition coefficient (Wildman–Crippen LogP) is 3.12. The summed E-state index contributed by atoms with van der Waals surface area (Å²) in [6.45, 7) is 1.91. The van der Waals surface area contributed by atoms with E-state index in [2.05, 4.69) is 15.3 Å². The van der Waals surface area contributed by atoms with Crippen molar-refractivity contribution >= 4 is 32.6 Å². The Hall–Kier alpha value is -2.61. The van der Waals surface area contributed by atoms with Gasteiger partial charge >= 0.3 is 0 Å².